The minimum Gasteiger partial charge on any atom is -0.454 e. The highest BCUT2D eigenvalue weighted by molar-refractivity contribution is 8.18. The van der Waals surface area contributed by atoms with Gasteiger partial charge in [0.05, 0.1) is 4.91 Å². The topological polar surface area (TPSA) is 94.2 Å². The number of nitrogens with zero attached hydrogens (tertiary/aromatic N) is 1. The number of alkyl halides is 3. The third kappa shape index (κ3) is 5.40. The fraction of sp³-hybridized carbons (Fsp3) is 0.190. The van der Waals surface area contributed by atoms with Gasteiger partial charge < -0.3 is 19.5 Å². The monoisotopic (exact) mass is 480 g/mol. The molecule has 0 bridgehead atoms. The summed E-state index contributed by atoms with van der Waals surface area (Å²) in [5, 5.41) is 2.04. The lowest BCUT2D eigenvalue weighted by molar-refractivity contribution is -0.274. The highest BCUT2D eigenvalue weighted by Crippen LogP contribution is 2.36. The lowest BCUT2D eigenvalue weighted by atomic mass is 10.2. The molecule has 0 aliphatic carbocycles. The van der Waals surface area contributed by atoms with Gasteiger partial charge in [-0.2, -0.15) is 0 Å². The summed E-state index contributed by atoms with van der Waals surface area (Å²) < 4.78 is 50.9. The number of ether oxygens (including phenoxy) is 3. The van der Waals surface area contributed by atoms with Crippen molar-refractivity contribution in [3.05, 3.63) is 58.5 Å². The van der Waals surface area contributed by atoms with Crippen LogP contribution < -0.4 is 19.5 Å². The molecule has 0 atom stereocenters. The van der Waals surface area contributed by atoms with Crippen molar-refractivity contribution < 1.29 is 41.8 Å². The minimum atomic E-state index is -4.83. The summed E-state index contributed by atoms with van der Waals surface area (Å²) in [4.78, 5) is 38.2. The summed E-state index contributed by atoms with van der Waals surface area (Å²) in [7, 11) is 0. The fourth-order valence-corrected chi connectivity index (χ4v) is 3.90. The van der Waals surface area contributed by atoms with E-state index in [0.717, 1.165) is 28.8 Å². The van der Waals surface area contributed by atoms with Crippen LogP contribution >= 0.6 is 11.8 Å². The Bertz CT molecular complexity index is 1130. The molecule has 2 aliphatic heterocycles. The van der Waals surface area contributed by atoms with Gasteiger partial charge in [-0.25, -0.2) is 0 Å². The van der Waals surface area contributed by atoms with Crippen LogP contribution in [0, 0.1) is 0 Å². The molecule has 1 N–H and O–H groups in total. The van der Waals surface area contributed by atoms with Gasteiger partial charge in [-0.1, -0.05) is 6.07 Å². The molecule has 1 saturated heterocycles. The van der Waals surface area contributed by atoms with Crippen molar-refractivity contribution in [2.24, 2.45) is 0 Å². The minimum absolute atomic E-state index is 0.0328. The quantitative estimate of drug-likeness (QED) is 0.629. The number of rotatable bonds is 6. The number of halogens is 3. The number of amides is 3. The van der Waals surface area contributed by atoms with Crippen molar-refractivity contribution in [1.82, 2.24) is 10.2 Å². The molecule has 12 heteroatoms. The zero-order chi connectivity index (χ0) is 23.6. The molecule has 1 fully saturated rings. The Kier molecular flexibility index (Phi) is 6.18. The van der Waals surface area contributed by atoms with E-state index in [1.165, 1.54) is 12.1 Å². The summed E-state index contributed by atoms with van der Waals surface area (Å²) in [5.74, 6) is -0.379. The highest BCUT2D eigenvalue weighted by atomic mass is 32.2. The first-order chi connectivity index (χ1) is 15.7. The Labute approximate surface area is 189 Å². The molecular formula is C21H15F3N2O6S. The summed E-state index contributed by atoms with van der Waals surface area (Å²) >= 11 is 0.779. The van der Waals surface area contributed by atoms with Gasteiger partial charge in [-0.3, -0.25) is 19.3 Å². The lowest BCUT2D eigenvalue weighted by Crippen LogP contribution is -2.37. The Balaban J connectivity index is 1.32. The van der Waals surface area contributed by atoms with Gasteiger partial charge in [-0.05, 0) is 59.8 Å². The van der Waals surface area contributed by atoms with Crippen molar-refractivity contribution in [2.75, 3.05) is 19.9 Å². The van der Waals surface area contributed by atoms with E-state index in [0.29, 0.717) is 17.1 Å². The van der Waals surface area contributed by atoms with Crippen LogP contribution in [0.1, 0.15) is 15.9 Å². The van der Waals surface area contributed by atoms with E-state index in [1.807, 2.05) is 0 Å². The maximum Gasteiger partial charge on any atom is 0.573 e. The molecule has 8 nitrogen and oxygen atoms in total. The predicted molar refractivity (Wildman–Crippen MR) is 111 cm³/mol. The van der Waals surface area contributed by atoms with E-state index in [2.05, 4.69) is 10.1 Å². The number of carbonyl (C=O) groups excluding carboxylic acids is 3. The van der Waals surface area contributed by atoms with Crippen molar-refractivity contribution in [3.63, 3.8) is 0 Å². The van der Waals surface area contributed by atoms with Gasteiger partial charge in [0.15, 0.2) is 11.5 Å². The van der Waals surface area contributed by atoms with Gasteiger partial charge in [0.1, 0.15) is 5.75 Å². The van der Waals surface area contributed by atoms with Crippen LogP contribution in [0.3, 0.4) is 0 Å². The second-order valence-electron chi connectivity index (χ2n) is 6.77. The molecule has 2 aliphatic rings. The van der Waals surface area contributed by atoms with Crippen molar-refractivity contribution in [3.8, 4) is 17.2 Å². The lowest BCUT2D eigenvalue weighted by Gasteiger charge is -2.13. The van der Waals surface area contributed by atoms with E-state index in [9.17, 15) is 27.6 Å². The summed E-state index contributed by atoms with van der Waals surface area (Å²) in [6.07, 6.45) is -3.26. The van der Waals surface area contributed by atoms with Crippen LogP contribution in [0.2, 0.25) is 0 Å². The zero-order valence-corrected chi connectivity index (χ0v) is 17.5. The third-order valence-electron chi connectivity index (χ3n) is 4.54. The number of fused-ring (bicyclic) bond motifs is 1. The van der Waals surface area contributed by atoms with Crippen LogP contribution in [-0.4, -0.2) is 48.2 Å². The third-order valence-corrected chi connectivity index (χ3v) is 5.45. The first-order valence-electron chi connectivity index (χ1n) is 9.49. The SMILES string of the molecule is O=C(NCCN1C(=O)S/C(=C\c2ccc3c(c2)OCO3)C1=O)c1ccc(OC(F)(F)F)cc1. The summed E-state index contributed by atoms with van der Waals surface area (Å²) in [5.41, 5.74) is 0.761. The number of thioether (sulfide) groups is 1. The average Bonchev–Trinajstić information content (AvgIpc) is 3.32. The molecule has 2 heterocycles. The van der Waals surface area contributed by atoms with Crippen LogP contribution in [-0.2, 0) is 4.79 Å². The zero-order valence-electron chi connectivity index (χ0n) is 16.7. The van der Waals surface area contributed by atoms with Gasteiger partial charge in [-0.15, -0.1) is 13.2 Å². The largest absolute Gasteiger partial charge is 0.573 e. The van der Waals surface area contributed by atoms with E-state index in [4.69, 9.17) is 9.47 Å². The van der Waals surface area contributed by atoms with E-state index < -0.39 is 29.2 Å². The molecule has 0 radical (unpaired) electrons. The van der Waals surface area contributed by atoms with Crippen LogP contribution in [0.5, 0.6) is 17.2 Å². The van der Waals surface area contributed by atoms with Crippen molar-refractivity contribution in [1.29, 1.82) is 0 Å². The van der Waals surface area contributed by atoms with Gasteiger partial charge in [0.25, 0.3) is 17.1 Å². The molecule has 0 unspecified atom stereocenters. The fourth-order valence-electron chi connectivity index (χ4n) is 3.04. The van der Waals surface area contributed by atoms with Gasteiger partial charge >= 0.3 is 6.36 Å². The number of hydrogen-bond donors (Lipinski definition) is 1. The number of nitrogens with one attached hydrogen (secondary N) is 1. The highest BCUT2D eigenvalue weighted by Gasteiger charge is 2.35. The molecule has 172 valence electrons. The number of imide groups is 1. The molecule has 3 amide bonds. The maximum atomic E-state index is 12.6. The molecule has 2 aromatic rings. The van der Waals surface area contributed by atoms with E-state index >= 15 is 0 Å². The van der Waals surface area contributed by atoms with Crippen LogP contribution in [0.25, 0.3) is 6.08 Å². The van der Waals surface area contributed by atoms with E-state index in [1.54, 1.807) is 24.3 Å². The van der Waals surface area contributed by atoms with Crippen LogP contribution in [0.15, 0.2) is 47.4 Å². The molecule has 33 heavy (non-hydrogen) atoms. The van der Waals surface area contributed by atoms with Crippen molar-refractivity contribution >= 4 is 34.9 Å². The first kappa shape index (κ1) is 22.5. The predicted octanol–water partition coefficient (Wildman–Crippen LogP) is 3.78. The Morgan fingerprint density at radius 2 is 1.85 bits per heavy atom. The molecular weight excluding hydrogens is 465 g/mol. The Hall–Kier alpha value is -3.67. The van der Waals surface area contributed by atoms with E-state index in [-0.39, 0.29) is 30.4 Å². The number of benzene rings is 2. The molecule has 0 aromatic heterocycles. The van der Waals surface area contributed by atoms with Gasteiger partial charge in [0.2, 0.25) is 6.79 Å². The maximum absolute atomic E-state index is 12.6. The summed E-state index contributed by atoms with van der Waals surface area (Å²) in [6.45, 7) is 0.0195. The Morgan fingerprint density at radius 1 is 1.12 bits per heavy atom. The number of hydrogen-bond acceptors (Lipinski definition) is 7. The molecule has 2 aromatic carbocycles. The summed E-state index contributed by atoms with van der Waals surface area (Å²) in [6, 6.07) is 9.50. The van der Waals surface area contributed by atoms with Crippen LogP contribution in [0.4, 0.5) is 18.0 Å². The van der Waals surface area contributed by atoms with Crippen molar-refractivity contribution in [2.45, 2.75) is 6.36 Å². The molecule has 4 rings (SSSR count). The smallest absolute Gasteiger partial charge is 0.454 e. The normalized spacial score (nSPS) is 16.5. The molecule has 0 saturated carbocycles. The average molecular weight is 480 g/mol. The van der Waals surface area contributed by atoms with Gasteiger partial charge in [0, 0.05) is 18.7 Å². The standard InChI is InChI=1S/C21H15F3N2O6S/c22-21(23,24)32-14-4-2-13(3-5-14)18(27)25-7-8-26-19(28)17(33-20(26)29)10-12-1-6-15-16(9-12)31-11-30-15/h1-6,9-10H,7-8,11H2,(H,25,27)/b17-10-. The number of carbonyl (C=O) groups is 3. The second kappa shape index (κ2) is 9.06. The Morgan fingerprint density at radius 3 is 2.58 bits per heavy atom. The first-order valence-corrected chi connectivity index (χ1v) is 10.3. The second-order valence-corrected chi connectivity index (χ2v) is 7.77. The molecule has 0 spiro atoms.